The molecule has 0 spiro atoms. The average molecular weight is 327 g/mol. The van der Waals surface area contributed by atoms with Crippen LogP contribution in [0, 0.1) is 5.82 Å². The first kappa shape index (κ1) is 13.5. The Labute approximate surface area is 118 Å². The predicted molar refractivity (Wildman–Crippen MR) is 75.0 cm³/mol. The Morgan fingerprint density at radius 2 is 2.21 bits per heavy atom. The third-order valence-electron chi connectivity index (χ3n) is 2.31. The fourth-order valence-corrected chi connectivity index (χ4v) is 1.69. The van der Waals surface area contributed by atoms with Crippen molar-refractivity contribution < 1.29 is 9.13 Å². The Morgan fingerprint density at radius 1 is 1.42 bits per heavy atom. The lowest BCUT2D eigenvalue weighted by Crippen LogP contribution is -2.05. The first-order chi connectivity index (χ1) is 9.11. The van der Waals surface area contributed by atoms with Crippen LogP contribution in [0.25, 0.3) is 0 Å². The molecular weight excluding hydrogens is 315 g/mol. The van der Waals surface area contributed by atoms with E-state index in [1.807, 2.05) is 6.92 Å². The summed E-state index contributed by atoms with van der Waals surface area (Å²) in [4.78, 5) is 7.93. The van der Waals surface area contributed by atoms with Crippen LogP contribution in [-0.2, 0) is 0 Å². The zero-order valence-corrected chi connectivity index (χ0v) is 11.7. The molecule has 100 valence electrons. The van der Waals surface area contributed by atoms with Gasteiger partial charge in [0.2, 0.25) is 5.88 Å². The van der Waals surface area contributed by atoms with Crippen molar-refractivity contribution in [1.29, 1.82) is 0 Å². The van der Waals surface area contributed by atoms with Crippen molar-refractivity contribution >= 4 is 33.1 Å². The summed E-state index contributed by atoms with van der Waals surface area (Å²) < 4.78 is 19.1. The van der Waals surface area contributed by atoms with E-state index in [-0.39, 0.29) is 11.5 Å². The van der Waals surface area contributed by atoms with Crippen molar-refractivity contribution in [1.82, 2.24) is 9.97 Å². The van der Waals surface area contributed by atoms with E-state index in [0.29, 0.717) is 28.5 Å². The number of hydrogen-bond acceptors (Lipinski definition) is 5. The number of benzene rings is 1. The maximum absolute atomic E-state index is 13.4. The summed E-state index contributed by atoms with van der Waals surface area (Å²) >= 11 is 3.09. The Kier molecular flexibility index (Phi) is 4.16. The van der Waals surface area contributed by atoms with Gasteiger partial charge >= 0.3 is 0 Å². The largest absolute Gasteiger partial charge is 0.476 e. The second-order valence-corrected chi connectivity index (χ2v) is 4.48. The Balaban J connectivity index is 2.27. The van der Waals surface area contributed by atoms with Gasteiger partial charge in [0.25, 0.3) is 0 Å². The summed E-state index contributed by atoms with van der Waals surface area (Å²) in [6.45, 7) is 2.28. The molecule has 0 unspecified atom stereocenters. The van der Waals surface area contributed by atoms with Crippen molar-refractivity contribution in [2.75, 3.05) is 17.7 Å². The van der Waals surface area contributed by atoms with E-state index in [9.17, 15) is 4.39 Å². The number of nitrogens with one attached hydrogen (secondary N) is 1. The van der Waals surface area contributed by atoms with E-state index in [1.54, 1.807) is 12.1 Å². The highest BCUT2D eigenvalue weighted by Crippen LogP contribution is 2.28. The van der Waals surface area contributed by atoms with Crippen LogP contribution in [-0.4, -0.2) is 16.6 Å². The van der Waals surface area contributed by atoms with Crippen LogP contribution >= 0.6 is 15.9 Å². The first-order valence-corrected chi connectivity index (χ1v) is 6.36. The summed E-state index contributed by atoms with van der Waals surface area (Å²) in [5.41, 5.74) is 6.69. The number of aromatic nitrogens is 2. The molecule has 0 fully saturated rings. The van der Waals surface area contributed by atoms with Gasteiger partial charge in [-0.15, -0.1) is 0 Å². The molecule has 1 aromatic carbocycles. The van der Waals surface area contributed by atoms with Gasteiger partial charge in [-0.05, 0) is 41.1 Å². The molecule has 0 radical (unpaired) electrons. The minimum absolute atomic E-state index is 0.285. The number of halogens is 2. The molecular formula is C12H12BrFN4O. The zero-order valence-electron chi connectivity index (χ0n) is 10.2. The molecule has 0 atom stereocenters. The predicted octanol–water partition coefficient (Wildman–Crippen LogP) is 3.10. The van der Waals surface area contributed by atoms with Crippen LogP contribution in [0.2, 0.25) is 0 Å². The van der Waals surface area contributed by atoms with Gasteiger partial charge in [0.05, 0.1) is 11.1 Å². The standard InChI is InChI=1S/C12H12BrFN4O/c1-2-19-12-10(15)11(16-6-17-12)18-7-3-4-8(13)9(14)5-7/h3-6H,2,15H2,1H3,(H,16,17,18). The van der Waals surface area contributed by atoms with E-state index in [0.717, 1.165) is 0 Å². The smallest absolute Gasteiger partial charge is 0.242 e. The third-order valence-corrected chi connectivity index (χ3v) is 2.95. The van der Waals surface area contributed by atoms with Gasteiger partial charge in [-0.3, -0.25) is 0 Å². The number of rotatable bonds is 4. The van der Waals surface area contributed by atoms with Gasteiger partial charge < -0.3 is 15.8 Å². The number of ether oxygens (including phenoxy) is 1. The highest BCUT2D eigenvalue weighted by atomic mass is 79.9. The van der Waals surface area contributed by atoms with E-state index in [2.05, 4.69) is 31.2 Å². The molecule has 5 nitrogen and oxygen atoms in total. The number of nitrogens with zero attached hydrogens (tertiary/aromatic N) is 2. The number of nitrogens with two attached hydrogens (primary N) is 1. The average Bonchev–Trinajstić information content (AvgIpc) is 2.39. The van der Waals surface area contributed by atoms with Gasteiger partial charge in [-0.1, -0.05) is 0 Å². The summed E-state index contributed by atoms with van der Waals surface area (Å²) in [7, 11) is 0. The lowest BCUT2D eigenvalue weighted by Gasteiger charge is -2.11. The molecule has 0 aliphatic carbocycles. The topological polar surface area (TPSA) is 73.1 Å². The normalized spacial score (nSPS) is 10.3. The molecule has 0 aliphatic rings. The van der Waals surface area contributed by atoms with E-state index in [4.69, 9.17) is 10.5 Å². The number of anilines is 3. The summed E-state index contributed by atoms with van der Waals surface area (Å²) in [6, 6.07) is 4.64. The minimum atomic E-state index is -0.373. The van der Waals surface area contributed by atoms with Crippen LogP contribution in [0.5, 0.6) is 5.88 Å². The maximum Gasteiger partial charge on any atom is 0.242 e. The molecule has 3 N–H and O–H groups in total. The monoisotopic (exact) mass is 326 g/mol. The van der Waals surface area contributed by atoms with E-state index in [1.165, 1.54) is 12.4 Å². The maximum atomic E-state index is 13.4. The van der Waals surface area contributed by atoms with Gasteiger partial charge in [-0.2, -0.15) is 4.98 Å². The fraction of sp³-hybridized carbons (Fsp3) is 0.167. The van der Waals surface area contributed by atoms with Crippen LogP contribution in [0.4, 0.5) is 21.6 Å². The third kappa shape index (κ3) is 3.11. The van der Waals surface area contributed by atoms with Crippen LogP contribution in [0.1, 0.15) is 6.92 Å². The van der Waals surface area contributed by atoms with Gasteiger partial charge in [-0.25, -0.2) is 9.37 Å². The molecule has 0 saturated carbocycles. The Bertz CT molecular complexity index is 594. The molecule has 19 heavy (non-hydrogen) atoms. The van der Waals surface area contributed by atoms with Gasteiger partial charge in [0, 0.05) is 5.69 Å². The van der Waals surface area contributed by atoms with Crippen molar-refractivity contribution in [3.63, 3.8) is 0 Å². The highest BCUT2D eigenvalue weighted by Gasteiger charge is 2.09. The molecule has 0 saturated heterocycles. The van der Waals surface area contributed by atoms with Crippen LogP contribution < -0.4 is 15.8 Å². The molecule has 0 amide bonds. The fourth-order valence-electron chi connectivity index (χ4n) is 1.44. The van der Waals surface area contributed by atoms with Crippen LogP contribution in [0.15, 0.2) is 29.0 Å². The molecule has 0 bridgehead atoms. The molecule has 2 rings (SSSR count). The lowest BCUT2D eigenvalue weighted by molar-refractivity contribution is 0.328. The first-order valence-electron chi connectivity index (χ1n) is 5.57. The lowest BCUT2D eigenvalue weighted by atomic mass is 10.3. The Morgan fingerprint density at radius 3 is 2.89 bits per heavy atom. The Hall–Kier alpha value is -1.89. The van der Waals surface area contributed by atoms with Gasteiger partial charge in [0.15, 0.2) is 5.82 Å². The number of hydrogen-bond donors (Lipinski definition) is 2. The minimum Gasteiger partial charge on any atom is -0.476 e. The van der Waals surface area contributed by atoms with Crippen LogP contribution in [0.3, 0.4) is 0 Å². The molecule has 1 aromatic heterocycles. The molecule has 1 heterocycles. The second kappa shape index (κ2) is 5.83. The van der Waals surface area contributed by atoms with Crippen molar-refractivity contribution in [3.8, 4) is 5.88 Å². The second-order valence-electron chi connectivity index (χ2n) is 3.63. The van der Waals surface area contributed by atoms with Gasteiger partial charge in [0.1, 0.15) is 17.8 Å². The number of nitrogen functional groups attached to an aromatic ring is 1. The summed E-state index contributed by atoms with van der Waals surface area (Å²) in [6.07, 6.45) is 1.33. The molecule has 0 aliphatic heterocycles. The summed E-state index contributed by atoms with van der Waals surface area (Å²) in [5.74, 6) is 0.306. The summed E-state index contributed by atoms with van der Waals surface area (Å²) in [5, 5.41) is 2.92. The van der Waals surface area contributed by atoms with Crippen molar-refractivity contribution in [3.05, 3.63) is 34.8 Å². The SMILES string of the molecule is CCOc1ncnc(Nc2ccc(Br)c(F)c2)c1N. The molecule has 2 aromatic rings. The van der Waals surface area contributed by atoms with Crippen molar-refractivity contribution in [2.45, 2.75) is 6.92 Å². The molecule has 7 heteroatoms. The van der Waals surface area contributed by atoms with E-state index >= 15 is 0 Å². The highest BCUT2D eigenvalue weighted by molar-refractivity contribution is 9.10. The zero-order chi connectivity index (χ0) is 13.8. The quantitative estimate of drug-likeness (QED) is 0.903. The van der Waals surface area contributed by atoms with Crippen molar-refractivity contribution in [2.24, 2.45) is 0 Å². The van der Waals surface area contributed by atoms with E-state index < -0.39 is 0 Å².